The smallest absolute Gasteiger partial charge is 0.416 e. The fraction of sp³-hybridized carbons (Fsp3) is 0.267. The highest BCUT2D eigenvalue weighted by atomic mass is 19.4. The molecule has 8 heteroatoms. The van der Waals surface area contributed by atoms with Crippen LogP contribution in [0.15, 0.2) is 42.9 Å². The van der Waals surface area contributed by atoms with Crippen molar-refractivity contribution in [3.63, 3.8) is 0 Å². The molecule has 0 spiro atoms. The van der Waals surface area contributed by atoms with Crippen LogP contribution < -0.4 is 4.74 Å². The molecule has 5 nitrogen and oxygen atoms in total. The number of rotatable bonds is 5. The van der Waals surface area contributed by atoms with Gasteiger partial charge in [0.25, 0.3) is 5.91 Å². The maximum atomic E-state index is 12.4. The second kappa shape index (κ2) is 7.08. The van der Waals surface area contributed by atoms with E-state index in [-0.39, 0.29) is 24.8 Å². The molecule has 0 radical (unpaired) electrons. The standard InChI is InChI=1S/C15H14F3N3O2/c1-21(14(22)13-10-19-6-7-20-13)8-9-23-12-4-2-11(3-5-12)15(16,17)18/h2-7,10H,8-9H2,1H3. The predicted octanol–water partition coefficient (Wildman–Crippen LogP) is 2.65. The van der Waals surface area contributed by atoms with E-state index in [0.717, 1.165) is 12.1 Å². The number of carbonyl (C=O) groups is 1. The molecule has 0 unspecified atom stereocenters. The summed E-state index contributed by atoms with van der Waals surface area (Å²) in [4.78, 5) is 21.1. The third kappa shape index (κ3) is 4.67. The largest absolute Gasteiger partial charge is 0.492 e. The number of benzene rings is 1. The van der Waals surface area contributed by atoms with Gasteiger partial charge in [-0.2, -0.15) is 13.2 Å². The van der Waals surface area contributed by atoms with Crippen LogP contribution in [0.1, 0.15) is 16.1 Å². The van der Waals surface area contributed by atoms with E-state index < -0.39 is 11.7 Å². The molecule has 0 aliphatic heterocycles. The topological polar surface area (TPSA) is 55.3 Å². The molecule has 1 aromatic carbocycles. The Labute approximate surface area is 130 Å². The van der Waals surface area contributed by atoms with Gasteiger partial charge in [0.05, 0.1) is 18.3 Å². The molecule has 0 saturated heterocycles. The summed E-state index contributed by atoms with van der Waals surface area (Å²) in [6.45, 7) is 0.407. The molecular weight excluding hydrogens is 311 g/mol. The number of alkyl halides is 3. The van der Waals surface area contributed by atoms with Crippen molar-refractivity contribution >= 4 is 5.91 Å². The number of nitrogens with zero attached hydrogens (tertiary/aromatic N) is 3. The maximum absolute atomic E-state index is 12.4. The molecule has 2 aromatic rings. The number of ether oxygens (including phenoxy) is 1. The molecule has 0 N–H and O–H groups in total. The fourth-order valence-corrected chi connectivity index (χ4v) is 1.75. The Hall–Kier alpha value is -2.64. The summed E-state index contributed by atoms with van der Waals surface area (Å²) >= 11 is 0. The first-order valence-corrected chi connectivity index (χ1v) is 6.69. The van der Waals surface area contributed by atoms with Gasteiger partial charge in [-0.15, -0.1) is 0 Å². The van der Waals surface area contributed by atoms with E-state index in [1.807, 2.05) is 0 Å². The van der Waals surface area contributed by atoms with Crippen LogP contribution in [0.25, 0.3) is 0 Å². The normalized spacial score (nSPS) is 11.1. The van der Waals surface area contributed by atoms with Gasteiger partial charge in [-0.05, 0) is 24.3 Å². The molecule has 23 heavy (non-hydrogen) atoms. The summed E-state index contributed by atoms with van der Waals surface area (Å²) in [5.41, 5.74) is -0.524. The maximum Gasteiger partial charge on any atom is 0.416 e. The zero-order valence-electron chi connectivity index (χ0n) is 12.2. The van der Waals surface area contributed by atoms with E-state index in [1.54, 1.807) is 7.05 Å². The van der Waals surface area contributed by atoms with Crippen molar-refractivity contribution in [1.29, 1.82) is 0 Å². The summed E-state index contributed by atoms with van der Waals surface area (Å²) in [7, 11) is 1.58. The molecule has 1 heterocycles. The summed E-state index contributed by atoms with van der Waals surface area (Å²) in [6.07, 6.45) is -0.137. The number of carbonyl (C=O) groups excluding carboxylic acids is 1. The summed E-state index contributed by atoms with van der Waals surface area (Å²) in [5, 5.41) is 0. The molecular formula is C15H14F3N3O2. The van der Waals surface area contributed by atoms with E-state index in [0.29, 0.717) is 5.75 Å². The number of aromatic nitrogens is 2. The van der Waals surface area contributed by atoms with Gasteiger partial charge in [-0.1, -0.05) is 0 Å². The van der Waals surface area contributed by atoms with Crippen molar-refractivity contribution < 1.29 is 22.7 Å². The van der Waals surface area contributed by atoms with Crippen LogP contribution in [0.3, 0.4) is 0 Å². The van der Waals surface area contributed by atoms with Gasteiger partial charge in [0.2, 0.25) is 0 Å². The Balaban J connectivity index is 1.84. The van der Waals surface area contributed by atoms with Crippen molar-refractivity contribution in [2.45, 2.75) is 6.18 Å². The first-order chi connectivity index (χ1) is 10.9. The number of halogens is 3. The second-order valence-electron chi connectivity index (χ2n) is 4.69. The van der Waals surface area contributed by atoms with Crippen LogP contribution in [-0.2, 0) is 6.18 Å². The van der Waals surface area contributed by atoms with Crippen LogP contribution in [0.4, 0.5) is 13.2 Å². The summed E-state index contributed by atoms with van der Waals surface area (Å²) in [5.74, 6) is -0.00697. The lowest BCUT2D eigenvalue weighted by atomic mass is 10.2. The van der Waals surface area contributed by atoms with Crippen molar-refractivity contribution in [2.75, 3.05) is 20.2 Å². The number of likely N-dealkylation sites (N-methyl/N-ethyl adjacent to an activating group) is 1. The van der Waals surface area contributed by atoms with E-state index in [9.17, 15) is 18.0 Å². The lowest BCUT2D eigenvalue weighted by Crippen LogP contribution is -2.31. The van der Waals surface area contributed by atoms with Gasteiger partial charge < -0.3 is 9.64 Å². The van der Waals surface area contributed by atoms with Gasteiger partial charge in [0, 0.05) is 19.4 Å². The van der Waals surface area contributed by atoms with Crippen LogP contribution in [0.5, 0.6) is 5.75 Å². The van der Waals surface area contributed by atoms with Crippen molar-refractivity contribution in [1.82, 2.24) is 14.9 Å². The average Bonchev–Trinajstić information content (AvgIpc) is 2.54. The molecule has 0 bridgehead atoms. The van der Waals surface area contributed by atoms with Gasteiger partial charge in [-0.3, -0.25) is 9.78 Å². The Morgan fingerprint density at radius 3 is 2.48 bits per heavy atom. The third-order valence-electron chi connectivity index (χ3n) is 3.01. The van der Waals surface area contributed by atoms with E-state index in [2.05, 4.69) is 9.97 Å². The zero-order chi connectivity index (χ0) is 16.9. The Morgan fingerprint density at radius 1 is 1.22 bits per heavy atom. The van der Waals surface area contributed by atoms with Gasteiger partial charge >= 0.3 is 6.18 Å². The second-order valence-corrected chi connectivity index (χ2v) is 4.69. The van der Waals surface area contributed by atoms with Gasteiger partial charge in [-0.25, -0.2) is 4.98 Å². The van der Waals surface area contributed by atoms with Crippen LogP contribution >= 0.6 is 0 Å². The fourth-order valence-electron chi connectivity index (χ4n) is 1.75. The Bertz CT molecular complexity index is 645. The van der Waals surface area contributed by atoms with Crippen LogP contribution in [0.2, 0.25) is 0 Å². The van der Waals surface area contributed by atoms with Crippen molar-refractivity contribution in [2.24, 2.45) is 0 Å². The molecule has 1 amide bonds. The van der Waals surface area contributed by atoms with Crippen molar-refractivity contribution in [3.8, 4) is 5.75 Å². The molecule has 2 rings (SSSR count). The number of hydrogen-bond donors (Lipinski definition) is 0. The summed E-state index contributed by atoms with van der Waals surface area (Å²) in [6, 6.07) is 4.38. The highest BCUT2D eigenvalue weighted by Gasteiger charge is 2.30. The minimum atomic E-state index is -4.37. The number of amides is 1. The summed E-state index contributed by atoms with van der Waals surface area (Å²) < 4.78 is 42.6. The lowest BCUT2D eigenvalue weighted by molar-refractivity contribution is -0.137. The average molecular weight is 325 g/mol. The molecule has 1 aromatic heterocycles. The first kappa shape index (κ1) is 16.7. The van der Waals surface area contributed by atoms with Crippen LogP contribution in [0, 0.1) is 0 Å². The minimum absolute atomic E-state index is 0.147. The molecule has 0 fully saturated rings. The zero-order valence-corrected chi connectivity index (χ0v) is 12.2. The highest BCUT2D eigenvalue weighted by molar-refractivity contribution is 5.91. The van der Waals surface area contributed by atoms with E-state index >= 15 is 0 Å². The Kier molecular flexibility index (Phi) is 5.15. The lowest BCUT2D eigenvalue weighted by Gasteiger charge is -2.17. The quantitative estimate of drug-likeness (QED) is 0.848. The SMILES string of the molecule is CN(CCOc1ccc(C(F)(F)F)cc1)C(=O)c1cnccn1. The molecule has 0 saturated carbocycles. The minimum Gasteiger partial charge on any atom is -0.492 e. The van der Waals surface area contributed by atoms with E-state index in [1.165, 1.54) is 35.6 Å². The predicted molar refractivity (Wildman–Crippen MR) is 75.9 cm³/mol. The molecule has 0 aliphatic rings. The molecule has 0 aliphatic carbocycles. The van der Waals surface area contributed by atoms with E-state index in [4.69, 9.17) is 4.74 Å². The Morgan fingerprint density at radius 2 is 1.91 bits per heavy atom. The van der Waals surface area contributed by atoms with Crippen molar-refractivity contribution in [3.05, 3.63) is 54.1 Å². The van der Waals surface area contributed by atoms with Crippen LogP contribution in [-0.4, -0.2) is 41.0 Å². The molecule has 0 atom stereocenters. The number of hydrogen-bond acceptors (Lipinski definition) is 4. The first-order valence-electron chi connectivity index (χ1n) is 6.69. The monoisotopic (exact) mass is 325 g/mol. The molecule has 122 valence electrons. The third-order valence-corrected chi connectivity index (χ3v) is 3.01. The van der Waals surface area contributed by atoms with Gasteiger partial charge in [0.15, 0.2) is 0 Å². The van der Waals surface area contributed by atoms with Gasteiger partial charge in [0.1, 0.15) is 18.1 Å². The highest BCUT2D eigenvalue weighted by Crippen LogP contribution is 2.30.